The maximum Gasteiger partial charge on any atom is 0.142 e. The molecule has 1 aliphatic rings. The van der Waals surface area contributed by atoms with Gasteiger partial charge in [0.1, 0.15) is 12.5 Å². The third kappa shape index (κ3) is 3.26. The van der Waals surface area contributed by atoms with Gasteiger partial charge in [-0.2, -0.15) is 0 Å². The van der Waals surface area contributed by atoms with Crippen molar-refractivity contribution in [1.29, 1.82) is 0 Å². The number of halogens is 2. The molecule has 0 unspecified atom stereocenters. The van der Waals surface area contributed by atoms with E-state index in [4.69, 9.17) is 27.9 Å². The lowest BCUT2D eigenvalue weighted by Crippen LogP contribution is -2.33. The van der Waals surface area contributed by atoms with Crippen LogP contribution in [0.5, 0.6) is 5.75 Å². The summed E-state index contributed by atoms with van der Waals surface area (Å²) in [5, 5.41) is 1.53. The summed E-state index contributed by atoms with van der Waals surface area (Å²) >= 11 is 11.9. The van der Waals surface area contributed by atoms with Gasteiger partial charge in [0.25, 0.3) is 0 Å². The van der Waals surface area contributed by atoms with Crippen LogP contribution in [0.4, 0.5) is 0 Å². The second-order valence-corrected chi connectivity index (χ2v) is 5.83. The van der Waals surface area contributed by atoms with Gasteiger partial charge in [-0.05, 0) is 42.3 Å². The molecule has 0 aliphatic carbocycles. The Morgan fingerprint density at radius 1 is 1.00 bits per heavy atom. The lowest BCUT2D eigenvalue weighted by atomic mass is 10.1. The van der Waals surface area contributed by atoms with Crippen LogP contribution in [-0.4, -0.2) is 18.2 Å². The molecule has 2 aromatic rings. The van der Waals surface area contributed by atoms with E-state index in [9.17, 15) is 0 Å². The number of nitrogens with zero attached hydrogens (tertiary/aromatic N) is 1. The molecule has 0 spiro atoms. The van der Waals surface area contributed by atoms with Gasteiger partial charge >= 0.3 is 0 Å². The number of rotatable bonds is 3. The fraction of sp³-hybridized carbons (Fsp3) is 0.250. The highest BCUT2D eigenvalue weighted by Crippen LogP contribution is 2.27. The number of ether oxygens (including phenoxy) is 1. The third-order valence-electron chi connectivity index (χ3n) is 3.45. The van der Waals surface area contributed by atoms with E-state index in [1.54, 1.807) is 0 Å². The van der Waals surface area contributed by atoms with Crippen LogP contribution in [0.1, 0.15) is 11.1 Å². The minimum Gasteiger partial charge on any atom is -0.478 e. The van der Waals surface area contributed by atoms with Gasteiger partial charge in [-0.3, -0.25) is 4.90 Å². The first-order valence-electron chi connectivity index (χ1n) is 6.59. The average molecular weight is 308 g/mol. The normalized spacial score (nSPS) is 14.7. The largest absolute Gasteiger partial charge is 0.478 e. The molecule has 0 radical (unpaired) electrons. The topological polar surface area (TPSA) is 12.5 Å². The molecule has 0 aromatic heterocycles. The molecule has 4 heteroatoms. The van der Waals surface area contributed by atoms with Crippen molar-refractivity contribution >= 4 is 23.2 Å². The van der Waals surface area contributed by atoms with Gasteiger partial charge < -0.3 is 4.74 Å². The Bertz CT molecular complexity index is 598. The molecule has 1 aliphatic heterocycles. The molecular formula is C16H15Cl2NO. The van der Waals surface area contributed by atoms with Crippen molar-refractivity contribution in [1.82, 2.24) is 4.90 Å². The maximum atomic E-state index is 6.03. The number of hydrogen-bond donors (Lipinski definition) is 0. The van der Waals surface area contributed by atoms with Gasteiger partial charge in [0.2, 0.25) is 0 Å². The summed E-state index contributed by atoms with van der Waals surface area (Å²) in [5.41, 5.74) is 2.44. The van der Waals surface area contributed by atoms with Crippen LogP contribution < -0.4 is 4.74 Å². The molecule has 2 nitrogen and oxygen atoms in total. The quantitative estimate of drug-likeness (QED) is 0.834. The average Bonchev–Trinajstić information content (AvgIpc) is 2.46. The van der Waals surface area contributed by atoms with E-state index in [1.165, 1.54) is 5.56 Å². The lowest BCUT2D eigenvalue weighted by molar-refractivity contribution is 0.0965. The van der Waals surface area contributed by atoms with Gasteiger partial charge in [0.05, 0.1) is 0 Å². The van der Waals surface area contributed by atoms with E-state index < -0.39 is 0 Å². The van der Waals surface area contributed by atoms with Crippen molar-refractivity contribution in [3.63, 3.8) is 0 Å². The smallest absolute Gasteiger partial charge is 0.142 e. The summed E-state index contributed by atoms with van der Waals surface area (Å²) in [5.74, 6) is 0.942. The van der Waals surface area contributed by atoms with Crippen molar-refractivity contribution in [2.75, 3.05) is 13.3 Å². The number of benzene rings is 2. The van der Waals surface area contributed by atoms with Gasteiger partial charge in [-0.15, -0.1) is 0 Å². The summed E-state index contributed by atoms with van der Waals surface area (Å²) in [7, 11) is 0. The zero-order valence-corrected chi connectivity index (χ0v) is 12.5. The Morgan fingerprint density at radius 2 is 1.75 bits per heavy atom. The van der Waals surface area contributed by atoms with Crippen LogP contribution in [0.3, 0.4) is 0 Å². The van der Waals surface area contributed by atoms with Crippen molar-refractivity contribution in [3.8, 4) is 5.75 Å². The Hall–Kier alpha value is -1.22. The summed E-state index contributed by atoms with van der Waals surface area (Å²) < 4.78 is 5.74. The van der Waals surface area contributed by atoms with E-state index in [0.29, 0.717) is 6.73 Å². The van der Waals surface area contributed by atoms with E-state index in [0.717, 1.165) is 40.9 Å². The monoisotopic (exact) mass is 307 g/mol. The summed E-state index contributed by atoms with van der Waals surface area (Å²) in [4.78, 5) is 2.27. The van der Waals surface area contributed by atoms with Crippen LogP contribution in [0.15, 0.2) is 42.5 Å². The SMILES string of the molecule is Clc1ccc(CCN2COc3ccc(Cl)cc3C2)cc1. The zero-order valence-electron chi connectivity index (χ0n) is 11.0. The van der Waals surface area contributed by atoms with E-state index in [2.05, 4.69) is 17.0 Å². The summed E-state index contributed by atoms with van der Waals surface area (Å²) in [6, 6.07) is 13.8. The minimum absolute atomic E-state index is 0.627. The Balaban J connectivity index is 1.61. The van der Waals surface area contributed by atoms with Crippen LogP contribution in [-0.2, 0) is 13.0 Å². The third-order valence-corrected chi connectivity index (χ3v) is 3.94. The molecule has 0 fully saturated rings. The Kier molecular flexibility index (Phi) is 4.16. The van der Waals surface area contributed by atoms with Gasteiger partial charge in [-0.25, -0.2) is 0 Å². The molecule has 1 heterocycles. The summed E-state index contributed by atoms with van der Waals surface area (Å²) in [6.45, 7) is 2.46. The first-order chi connectivity index (χ1) is 9.70. The highest BCUT2D eigenvalue weighted by molar-refractivity contribution is 6.30. The van der Waals surface area contributed by atoms with Crippen molar-refractivity contribution < 1.29 is 4.74 Å². The van der Waals surface area contributed by atoms with E-state index >= 15 is 0 Å². The fourth-order valence-corrected chi connectivity index (χ4v) is 2.66. The zero-order chi connectivity index (χ0) is 13.9. The van der Waals surface area contributed by atoms with Crippen molar-refractivity contribution in [3.05, 3.63) is 63.6 Å². The second kappa shape index (κ2) is 6.04. The molecule has 3 rings (SSSR count). The molecule has 0 atom stereocenters. The van der Waals surface area contributed by atoms with Crippen molar-refractivity contribution in [2.45, 2.75) is 13.0 Å². The first kappa shape index (κ1) is 13.7. The molecule has 104 valence electrons. The van der Waals surface area contributed by atoms with Crippen LogP contribution in [0.25, 0.3) is 0 Å². The highest BCUT2D eigenvalue weighted by Gasteiger charge is 2.17. The van der Waals surface area contributed by atoms with E-state index in [1.807, 2.05) is 30.3 Å². The Labute approximate surface area is 128 Å². The van der Waals surface area contributed by atoms with Gasteiger partial charge in [0.15, 0.2) is 0 Å². The molecule has 0 N–H and O–H groups in total. The van der Waals surface area contributed by atoms with Crippen molar-refractivity contribution in [2.24, 2.45) is 0 Å². The van der Waals surface area contributed by atoms with Gasteiger partial charge in [-0.1, -0.05) is 35.3 Å². The van der Waals surface area contributed by atoms with Gasteiger partial charge in [0, 0.05) is 28.7 Å². The lowest BCUT2D eigenvalue weighted by Gasteiger charge is -2.29. The molecular weight excluding hydrogens is 293 g/mol. The minimum atomic E-state index is 0.627. The van der Waals surface area contributed by atoms with E-state index in [-0.39, 0.29) is 0 Å². The molecule has 0 saturated carbocycles. The first-order valence-corrected chi connectivity index (χ1v) is 7.34. The maximum absolute atomic E-state index is 6.03. The molecule has 0 amide bonds. The van der Waals surface area contributed by atoms with Crippen LogP contribution in [0, 0.1) is 0 Å². The molecule has 20 heavy (non-hydrogen) atoms. The fourth-order valence-electron chi connectivity index (χ4n) is 2.34. The highest BCUT2D eigenvalue weighted by atomic mass is 35.5. The standard InChI is InChI=1S/C16H15Cl2NO/c17-14-3-1-12(2-4-14)7-8-19-10-13-9-15(18)5-6-16(13)20-11-19/h1-6,9H,7-8,10-11H2. The second-order valence-electron chi connectivity index (χ2n) is 4.95. The molecule has 0 bridgehead atoms. The predicted molar refractivity (Wildman–Crippen MR) is 82.5 cm³/mol. The molecule has 2 aromatic carbocycles. The molecule has 0 saturated heterocycles. The number of hydrogen-bond acceptors (Lipinski definition) is 2. The Morgan fingerprint density at radius 3 is 2.55 bits per heavy atom. The van der Waals surface area contributed by atoms with Crippen LogP contribution >= 0.6 is 23.2 Å². The number of fused-ring (bicyclic) bond motifs is 1. The summed E-state index contributed by atoms with van der Waals surface area (Å²) in [6.07, 6.45) is 0.983. The predicted octanol–water partition coefficient (Wildman–Crippen LogP) is 4.39. The van der Waals surface area contributed by atoms with Crippen LogP contribution in [0.2, 0.25) is 10.0 Å².